The maximum atomic E-state index is 6.81. The second-order valence-corrected chi connectivity index (χ2v) is 13.7. The Morgan fingerprint density at radius 2 is 1.50 bits per heavy atom. The van der Waals surface area contributed by atoms with Gasteiger partial charge in [0.15, 0.2) is 0 Å². The Bertz CT molecular complexity index is 294. The lowest BCUT2D eigenvalue weighted by atomic mass is 9.99. The van der Waals surface area contributed by atoms with Gasteiger partial charge in [0.05, 0.1) is 6.10 Å². The number of hydrogen-bond acceptors (Lipinski definition) is 1. The molecule has 1 nitrogen and oxygen atoms in total. The van der Waals surface area contributed by atoms with Gasteiger partial charge in [-0.25, -0.2) is 0 Å². The Morgan fingerprint density at radius 3 is 1.78 bits per heavy atom. The van der Waals surface area contributed by atoms with Crippen LogP contribution in [-0.2, 0) is 4.43 Å². The second kappa shape index (κ2) is 4.79. The smallest absolute Gasteiger partial charge is 0.206 e. The first-order valence-electron chi connectivity index (χ1n) is 7.27. The molecule has 0 aliphatic carbocycles. The quantitative estimate of drug-likeness (QED) is 0.472. The predicted octanol–water partition coefficient (Wildman–Crippen LogP) is 5.53. The molecule has 0 saturated carbocycles. The molecule has 3 unspecified atom stereocenters. The van der Waals surface area contributed by atoms with Gasteiger partial charge in [-0.05, 0) is 28.0 Å². The summed E-state index contributed by atoms with van der Waals surface area (Å²) in [6.45, 7) is 23.0. The SMILES string of the molecule is C=CCC1O[Si](C(C)(C)C)(C(C)(C)C)C(C)C1C. The van der Waals surface area contributed by atoms with E-state index in [2.05, 4.69) is 62.0 Å². The van der Waals surface area contributed by atoms with Crippen LogP contribution in [0.5, 0.6) is 0 Å². The molecule has 1 aliphatic heterocycles. The van der Waals surface area contributed by atoms with E-state index in [0.29, 0.717) is 17.6 Å². The predicted molar refractivity (Wildman–Crippen MR) is 83.5 cm³/mol. The molecule has 18 heavy (non-hydrogen) atoms. The minimum atomic E-state index is -1.85. The second-order valence-electron chi connectivity index (χ2n) is 8.06. The zero-order valence-electron chi connectivity index (χ0n) is 13.6. The molecule has 1 fully saturated rings. The van der Waals surface area contributed by atoms with Crippen molar-refractivity contribution in [1.29, 1.82) is 0 Å². The third-order valence-corrected chi connectivity index (χ3v) is 11.9. The maximum Gasteiger partial charge on any atom is 0.206 e. The van der Waals surface area contributed by atoms with Gasteiger partial charge in [0.1, 0.15) is 0 Å². The fourth-order valence-corrected chi connectivity index (χ4v) is 12.1. The fourth-order valence-electron chi connectivity index (χ4n) is 4.42. The average molecular weight is 269 g/mol. The van der Waals surface area contributed by atoms with E-state index in [-0.39, 0.29) is 10.1 Å². The minimum Gasteiger partial charge on any atom is -0.412 e. The first-order chi connectivity index (χ1) is 7.99. The highest BCUT2D eigenvalue weighted by atomic mass is 28.4. The first kappa shape index (κ1) is 16.0. The van der Waals surface area contributed by atoms with E-state index < -0.39 is 8.32 Å². The zero-order valence-corrected chi connectivity index (χ0v) is 14.6. The molecular formula is C16H32OSi. The highest BCUT2D eigenvalue weighted by Gasteiger charge is 2.64. The third-order valence-electron chi connectivity index (χ3n) is 4.98. The van der Waals surface area contributed by atoms with Crippen LogP contribution in [-0.4, -0.2) is 14.4 Å². The van der Waals surface area contributed by atoms with Gasteiger partial charge in [-0.3, -0.25) is 0 Å². The molecule has 2 heteroatoms. The molecule has 1 aliphatic rings. The van der Waals surface area contributed by atoms with Crippen molar-refractivity contribution in [2.45, 2.75) is 83.5 Å². The van der Waals surface area contributed by atoms with Crippen LogP contribution in [0.2, 0.25) is 15.6 Å². The molecule has 106 valence electrons. The minimum absolute atomic E-state index is 0.273. The van der Waals surface area contributed by atoms with Crippen molar-refractivity contribution in [3.05, 3.63) is 12.7 Å². The molecule has 0 amide bonds. The van der Waals surface area contributed by atoms with Crippen molar-refractivity contribution < 1.29 is 4.43 Å². The molecule has 1 heterocycles. The van der Waals surface area contributed by atoms with Gasteiger partial charge < -0.3 is 4.43 Å². The van der Waals surface area contributed by atoms with Gasteiger partial charge in [-0.15, -0.1) is 6.58 Å². The van der Waals surface area contributed by atoms with E-state index in [4.69, 9.17) is 4.43 Å². The van der Waals surface area contributed by atoms with Crippen molar-refractivity contribution in [2.75, 3.05) is 0 Å². The van der Waals surface area contributed by atoms with Crippen molar-refractivity contribution in [3.8, 4) is 0 Å². The highest BCUT2D eigenvalue weighted by Crippen LogP contribution is 2.63. The summed E-state index contributed by atoms with van der Waals surface area (Å²) in [7, 11) is -1.85. The van der Waals surface area contributed by atoms with Gasteiger partial charge in [-0.2, -0.15) is 0 Å². The standard InChI is InChI=1S/C16H32OSi/c1-10-11-14-12(2)13(3)18(17-14,15(4,5)6)16(7,8)9/h10,12-14H,1,11H2,2-9H3. The normalized spacial score (nSPS) is 32.6. The van der Waals surface area contributed by atoms with E-state index in [9.17, 15) is 0 Å². The monoisotopic (exact) mass is 268 g/mol. The molecule has 0 bridgehead atoms. The summed E-state index contributed by atoms with van der Waals surface area (Å²) in [6, 6.07) is 0. The lowest BCUT2D eigenvalue weighted by Gasteiger charge is -2.51. The van der Waals surface area contributed by atoms with Crippen LogP contribution in [0.1, 0.15) is 61.8 Å². The fraction of sp³-hybridized carbons (Fsp3) is 0.875. The Labute approximate surface area is 115 Å². The van der Waals surface area contributed by atoms with Gasteiger partial charge >= 0.3 is 0 Å². The molecule has 0 aromatic heterocycles. The lowest BCUT2D eigenvalue weighted by molar-refractivity contribution is 0.168. The maximum absolute atomic E-state index is 6.81. The summed E-state index contributed by atoms with van der Waals surface area (Å²) in [5.74, 6) is 0.646. The third kappa shape index (κ3) is 2.22. The molecule has 0 aromatic carbocycles. The highest BCUT2D eigenvalue weighted by molar-refractivity contribution is 6.81. The van der Waals surface area contributed by atoms with E-state index in [1.54, 1.807) is 0 Å². The topological polar surface area (TPSA) is 9.23 Å². The van der Waals surface area contributed by atoms with Crippen LogP contribution in [0.15, 0.2) is 12.7 Å². The average Bonchev–Trinajstić information content (AvgIpc) is 2.42. The number of hydrogen-bond donors (Lipinski definition) is 0. The Balaban J connectivity index is 3.26. The molecule has 1 rings (SSSR count). The molecule has 1 saturated heterocycles. The Morgan fingerprint density at radius 1 is 1.06 bits per heavy atom. The summed E-state index contributed by atoms with van der Waals surface area (Å²) in [6.07, 6.45) is 3.39. The van der Waals surface area contributed by atoms with Crippen LogP contribution >= 0.6 is 0 Å². The van der Waals surface area contributed by atoms with Crippen LogP contribution in [0, 0.1) is 5.92 Å². The Hall–Kier alpha value is -0.0831. The molecule has 0 aromatic rings. The van der Waals surface area contributed by atoms with Crippen molar-refractivity contribution in [1.82, 2.24) is 0 Å². The summed E-state index contributed by atoms with van der Waals surface area (Å²) >= 11 is 0. The summed E-state index contributed by atoms with van der Waals surface area (Å²) < 4.78 is 6.81. The summed E-state index contributed by atoms with van der Waals surface area (Å²) in [4.78, 5) is 0. The molecule has 0 spiro atoms. The van der Waals surface area contributed by atoms with Crippen molar-refractivity contribution >= 4 is 8.32 Å². The summed E-state index contributed by atoms with van der Waals surface area (Å²) in [5, 5.41) is 0.545. The Kier molecular flexibility index (Phi) is 4.25. The molecular weight excluding hydrogens is 236 g/mol. The molecule has 3 atom stereocenters. The van der Waals surface area contributed by atoms with Gasteiger partial charge in [-0.1, -0.05) is 61.5 Å². The van der Waals surface area contributed by atoms with E-state index in [1.165, 1.54) is 0 Å². The number of rotatable bonds is 2. The van der Waals surface area contributed by atoms with Gasteiger partial charge in [0.2, 0.25) is 8.32 Å². The zero-order chi connectivity index (χ0) is 14.4. The lowest BCUT2D eigenvalue weighted by Crippen LogP contribution is -2.54. The van der Waals surface area contributed by atoms with Crippen LogP contribution in [0.3, 0.4) is 0 Å². The van der Waals surface area contributed by atoms with E-state index in [0.717, 1.165) is 6.42 Å². The summed E-state index contributed by atoms with van der Waals surface area (Å²) in [5.41, 5.74) is 0.697. The van der Waals surface area contributed by atoms with Crippen LogP contribution < -0.4 is 0 Å². The van der Waals surface area contributed by atoms with Crippen LogP contribution in [0.25, 0.3) is 0 Å². The van der Waals surface area contributed by atoms with Crippen molar-refractivity contribution in [3.63, 3.8) is 0 Å². The first-order valence-corrected chi connectivity index (χ1v) is 9.26. The van der Waals surface area contributed by atoms with E-state index >= 15 is 0 Å². The largest absolute Gasteiger partial charge is 0.412 e. The van der Waals surface area contributed by atoms with Gasteiger partial charge in [0.25, 0.3) is 0 Å². The van der Waals surface area contributed by atoms with Gasteiger partial charge in [0, 0.05) is 0 Å². The van der Waals surface area contributed by atoms with E-state index in [1.807, 2.05) is 6.08 Å². The van der Waals surface area contributed by atoms with Crippen LogP contribution in [0.4, 0.5) is 0 Å². The van der Waals surface area contributed by atoms with Crippen molar-refractivity contribution in [2.24, 2.45) is 5.92 Å². The molecule has 0 N–H and O–H groups in total. The molecule has 0 radical (unpaired) electrons.